The maximum absolute atomic E-state index is 12.8. The van der Waals surface area contributed by atoms with Crippen molar-refractivity contribution >= 4 is 21.8 Å². The van der Waals surface area contributed by atoms with Gasteiger partial charge in [-0.2, -0.15) is 4.31 Å². The maximum Gasteiger partial charge on any atom is 0.269 e. The fraction of sp³-hybridized carbons (Fsp3) is 0.364. The molecule has 0 spiro atoms. The van der Waals surface area contributed by atoms with Crippen molar-refractivity contribution in [1.82, 2.24) is 15.2 Å². The van der Waals surface area contributed by atoms with E-state index in [2.05, 4.69) is 31.6 Å². The summed E-state index contributed by atoms with van der Waals surface area (Å²) in [6.45, 7) is 7.44. The molecule has 0 aliphatic carbocycles. The van der Waals surface area contributed by atoms with Crippen LogP contribution in [0.1, 0.15) is 47.1 Å². The first kappa shape index (κ1) is 22.9. The van der Waals surface area contributed by atoms with Gasteiger partial charge in [-0.25, -0.2) is 8.42 Å². The monoisotopic (exact) mass is 445 g/mol. The van der Waals surface area contributed by atoms with Crippen molar-refractivity contribution in [3.8, 4) is 0 Å². The van der Waals surface area contributed by atoms with Gasteiger partial charge in [0, 0.05) is 24.2 Å². The van der Waals surface area contributed by atoms with Crippen LogP contribution in [0.3, 0.4) is 0 Å². The highest BCUT2D eigenvalue weighted by molar-refractivity contribution is 7.89. The van der Waals surface area contributed by atoms with Crippen molar-refractivity contribution in [2.24, 2.45) is 0 Å². The van der Waals surface area contributed by atoms with Crippen molar-refractivity contribution in [2.45, 2.75) is 31.1 Å². The molecule has 2 N–H and O–H groups in total. The molecule has 1 heterocycles. The number of rotatable bonds is 4. The molecule has 2 aromatic rings. The lowest BCUT2D eigenvalue weighted by Crippen LogP contribution is -2.42. The van der Waals surface area contributed by atoms with Gasteiger partial charge < -0.3 is 4.74 Å². The van der Waals surface area contributed by atoms with Crippen molar-refractivity contribution in [3.63, 3.8) is 0 Å². The molecule has 1 aliphatic rings. The number of sulfonamides is 1. The molecule has 0 aromatic heterocycles. The largest absolute Gasteiger partial charge is 0.379 e. The fourth-order valence-corrected chi connectivity index (χ4v) is 4.57. The number of nitrogens with one attached hydrogen (secondary N) is 2. The van der Waals surface area contributed by atoms with Gasteiger partial charge in [0.2, 0.25) is 10.0 Å². The fourth-order valence-electron chi connectivity index (χ4n) is 3.11. The molecule has 2 amide bonds. The summed E-state index contributed by atoms with van der Waals surface area (Å²) in [5.41, 5.74) is 6.28. The molecule has 1 saturated heterocycles. The Kier molecular flexibility index (Phi) is 6.78. The molecular formula is C22H27N3O5S. The Bertz CT molecular complexity index is 1050. The molecule has 0 saturated carbocycles. The van der Waals surface area contributed by atoms with Gasteiger partial charge in [-0.3, -0.25) is 20.4 Å². The Morgan fingerprint density at radius 3 is 2.06 bits per heavy atom. The van der Waals surface area contributed by atoms with E-state index in [-0.39, 0.29) is 29.0 Å². The second-order valence-corrected chi connectivity index (χ2v) is 10.2. The molecule has 1 fully saturated rings. The SMILES string of the molecule is CC(C)(C)c1ccc(C(=O)NNC(=O)c2cccc(S(=O)(=O)N3CCOCC3)c2)cc1. The van der Waals surface area contributed by atoms with Gasteiger partial charge in [0.15, 0.2) is 0 Å². The molecule has 0 radical (unpaired) electrons. The van der Waals surface area contributed by atoms with E-state index in [1.807, 2.05) is 12.1 Å². The molecule has 8 nitrogen and oxygen atoms in total. The van der Waals surface area contributed by atoms with E-state index < -0.39 is 21.8 Å². The lowest BCUT2D eigenvalue weighted by molar-refractivity contribution is 0.0730. The minimum Gasteiger partial charge on any atom is -0.379 e. The Labute approximate surface area is 182 Å². The first-order chi connectivity index (χ1) is 14.6. The van der Waals surface area contributed by atoms with E-state index in [1.54, 1.807) is 12.1 Å². The standard InChI is InChI=1S/C22H27N3O5S/c1-22(2,3)18-9-7-16(8-10-18)20(26)23-24-21(27)17-5-4-6-19(15-17)31(28,29)25-11-13-30-14-12-25/h4-10,15H,11-14H2,1-3H3,(H,23,26)(H,24,27). The Hall–Kier alpha value is -2.75. The van der Waals surface area contributed by atoms with Crippen LogP contribution in [0.5, 0.6) is 0 Å². The molecule has 0 bridgehead atoms. The number of carbonyl (C=O) groups excluding carboxylic acids is 2. The summed E-state index contributed by atoms with van der Waals surface area (Å²) in [6.07, 6.45) is 0. The van der Waals surface area contributed by atoms with Gasteiger partial charge >= 0.3 is 0 Å². The highest BCUT2D eigenvalue weighted by Crippen LogP contribution is 2.22. The molecule has 3 rings (SSSR count). The van der Waals surface area contributed by atoms with Gasteiger partial charge in [-0.1, -0.05) is 39.0 Å². The molecule has 31 heavy (non-hydrogen) atoms. The Morgan fingerprint density at radius 2 is 1.48 bits per heavy atom. The van der Waals surface area contributed by atoms with Gasteiger partial charge in [0.05, 0.1) is 18.1 Å². The minimum absolute atomic E-state index is 0.0196. The minimum atomic E-state index is -3.72. The summed E-state index contributed by atoms with van der Waals surface area (Å²) in [7, 11) is -3.72. The van der Waals surface area contributed by atoms with Gasteiger partial charge in [0.1, 0.15) is 0 Å². The van der Waals surface area contributed by atoms with Gasteiger partial charge in [-0.15, -0.1) is 0 Å². The second-order valence-electron chi connectivity index (χ2n) is 8.28. The van der Waals surface area contributed by atoms with Crippen LogP contribution >= 0.6 is 0 Å². The number of benzene rings is 2. The molecule has 0 atom stereocenters. The third-order valence-electron chi connectivity index (χ3n) is 5.01. The molecule has 166 valence electrons. The molecule has 2 aromatic carbocycles. The number of carbonyl (C=O) groups is 2. The van der Waals surface area contributed by atoms with Crippen LogP contribution in [0, 0.1) is 0 Å². The Balaban J connectivity index is 1.66. The smallest absolute Gasteiger partial charge is 0.269 e. The number of ether oxygens (including phenoxy) is 1. The highest BCUT2D eigenvalue weighted by Gasteiger charge is 2.27. The van der Waals surface area contributed by atoms with Crippen LogP contribution in [0.4, 0.5) is 0 Å². The predicted octanol–water partition coefficient (Wildman–Crippen LogP) is 2.08. The van der Waals surface area contributed by atoms with Crippen LogP contribution in [0.25, 0.3) is 0 Å². The third-order valence-corrected chi connectivity index (χ3v) is 6.90. The topological polar surface area (TPSA) is 105 Å². The van der Waals surface area contributed by atoms with Crippen molar-refractivity contribution in [3.05, 3.63) is 65.2 Å². The van der Waals surface area contributed by atoms with E-state index in [1.165, 1.54) is 28.6 Å². The predicted molar refractivity (Wildman–Crippen MR) is 116 cm³/mol. The van der Waals surface area contributed by atoms with Crippen molar-refractivity contribution < 1.29 is 22.7 Å². The van der Waals surface area contributed by atoms with E-state index in [9.17, 15) is 18.0 Å². The molecular weight excluding hydrogens is 418 g/mol. The van der Waals surface area contributed by atoms with Crippen LogP contribution in [-0.2, 0) is 20.2 Å². The number of hydrogen-bond acceptors (Lipinski definition) is 5. The van der Waals surface area contributed by atoms with Crippen LogP contribution in [0.15, 0.2) is 53.4 Å². The third kappa shape index (κ3) is 5.49. The lowest BCUT2D eigenvalue weighted by Gasteiger charge is -2.26. The molecule has 9 heteroatoms. The van der Waals surface area contributed by atoms with E-state index in [0.29, 0.717) is 18.8 Å². The summed E-state index contributed by atoms with van der Waals surface area (Å²) >= 11 is 0. The van der Waals surface area contributed by atoms with Crippen molar-refractivity contribution in [2.75, 3.05) is 26.3 Å². The summed E-state index contributed by atoms with van der Waals surface area (Å²) in [4.78, 5) is 24.8. The zero-order valence-electron chi connectivity index (χ0n) is 17.8. The zero-order valence-corrected chi connectivity index (χ0v) is 18.7. The first-order valence-electron chi connectivity index (χ1n) is 9.98. The highest BCUT2D eigenvalue weighted by atomic mass is 32.2. The number of amides is 2. The summed E-state index contributed by atoms with van der Waals surface area (Å²) in [5.74, 6) is -1.08. The summed E-state index contributed by atoms with van der Waals surface area (Å²) in [6, 6.07) is 12.8. The summed E-state index contributed by atoms with van der Waals surface area (Å²) < 4.78 is 32.1. The quantitative estimate of drug-likeness (QED) is 0.701. The molecule has 0 unspecified atom stereocenters. The van der Waals surface area contributed by atoms with Crippen LogP contribution in [0.2, 0.25) is 0 Å². The average Bonchev–Trinajstić information content (AvgIpc) is 2.77. The number of hydrazine groups is 1. The van der Waals surface area contributed by atoms with Crippen LogP contribution in [-0.4, -0.2) is 50.8 Å². The van der Waals surface area contributed by atoms with E-state index in [4.69, 9.17) is 4.74 Å². The normalized spacial score (nSPS) is 15.3. The summed E-state index contributed by atoms with van der Waals surface area (Å²) in [5, 5.41) is 0. The molecule has 1 aliphatic heterocycles. The van der Waals surface area contributed by atoms with Crippen LogP contribution < -0.4 is 10.9 Å². The number of morpholine rings is 1. The van der Waals surface area contributed by atoms with E-state index >= 15 is 0 Å². The number of hydrogen-bond donors (Lipinski definition) is 2. The zero-order chi connectivity index (χ0) is 22.6. The first-order valence-corrected chi connectivity index (χ1v) is 11.4. The second kappa shape index (κ2) is 9.17. The lowest BCUT2D eigenvalue weighted by atomic mass is 9.87. The van der Waals surface area contributed by atoms with Crippen molar-refractivity contribution in [1.29, 1.82) is 0 Å². The van der Waals surface area contributed by atoms with Gasteiger partial charge in [-0.05, 0) is 41.3 Å². The Morgan fingerprint density at radius 1 is 0.903 bits per heavy atom. The van der Waals surface area contributed by atoms with E-state index in [0.717, 1.165) is 5.56 Å². The average molecular weight is 446 g/mol. The maximum atomic E-state index is 12.8. The van der Waals surface area contributed by atoms with Gasteiger partial charge in [0.25, 0.3) is 11.8 Å². The number of nitrogens with zero attached hydrogens (tertiary/aromatic N) is 1.